The number of hydrogen-bond donors (Lipinski definition) is 2. The van der Waals surface area contributed by atoms with Gasteiger partial charge in [-0.2, -0.15) is 0 Å². The van der Waals surface area contributed by atoms with Crippen LogP contribution in [-0.4, -0.2) is 42.5 Å². The van der Waals surface area contributed by atoms with Crippen LogP contribution in [0.15, 0.2) is 42.5 Å². The maximum absolute atomic E-state index is 14.6. The van der Waals surface area contributed by atoms with Gasteiger partial charge < -0.3 is 20.7 Å². The van der Waals surface area contributed by atoms with Crippen molar-refractivity contribution >= 4 is 5.91 Å². The quantitative estimate of drug-likeness (QED) is 0.817. The monoisotopic (exact) mass is 395 g/mol. The second-order valence-electron chi connectivity index (χ2n) is 8.34. The molecule has 2 bridgehead atoms. The highest BCUT2D eigenvalue weighted by Gasteiger charge is 2.56. The minimum Gasteiger partial charge on any atom is -0.457 e. The Balaban J connectivity index is 1.36. The standard InChI is InChI=1S/C23H26FN3O2/c24-20-6-5-16(29-15-3-1-14(2-4-15)9-10-25)11-17(20)23(28)27-21-7-8-22(27)19-13-26-12-18(19)21/h1-6,11,18-19,21-22,26H,7-10,12-13,25H2/t18-,19+,21-,22+. The normalized spacial score (nSPS) is 27.3. The second-order valence-corrected chi connectivity index (χ2v) is 8.34. The molecule has 5 nitrogen and oxygen atoms in total. The highest BCUT2D eigenvalue weighted by atomic mass is 19.1. The number of amides is 1. The summed E-state index contributed by atoms with van der Waals surface area (Å²) in [6.45, 7) is 2.52. The van der Waals surface area contributed by atoms with E-state index in [1.807, 2.05) is 29.2 Å². The van der Waals surface area contributed by atoms with Gasteiger partial charge >= 0.3 is 0 Å². The number of ether oxygens (including phenoxy) is 1. The molecule has 29 heavy (non-hydrogen) atoms. The van der Waals surface area contributed by atoms with E-state index in [1.54, 1.807) is 6.07 Å². The number of nitrogens with one attached hydrogen (secondary N) is 1. The van der Waals surface area contributed by atoms with E-state index in [-0.39, 0.29) is 23.6 Å². The van der Waals surface area contributed by atoms with Gasteiger partial charge in [0, 0.05) is 25.2 Å². The molecule has 3 aliphatic heterocycles. The Kier molecular flexibility index (Phi) is 4.76. The summed E-state index contributed by atoms with van der Waals surface area (Å²) < 4.78 is 20.5. The van der Waals surface area contributed by atoms with Crippen LogP contribution in [0.3, 0.4) is 0 Å². The summed E-state index contributed by atoms with van der Waals surface area (Å²) in [6, 6.07) is 12.5. The van der Waals surface area contributed by atoms with Gasteiger partial charge in [0.05, 0.1) is 5.56 Å². The van der Waals surface area contributed by atoms with Crippen molar-refractivity contribution in [1.82, 2.24) is 10.2 Å². The molecule has 3 heterocycles. The smallest absolute Gasteiger partial charge is 0.257 e. The zero-order chi connectivity index (χ0) is 20.0. The van der Waals surface area contributed by atoms with Gasteiger partial charge in [-0.05, 0) is 73.5 Å². The molecule has 6 heteroatoms. The van der Waals surface area contributed by atoms with Crippen molar-refractivity contribution in [2.24, 2.45) is 17.6 Å². The molecule has 3 saturated heterocycles. The zero-order valence-electron chi connectivity index (χ0n) is 16.3. The van der Waals surface area contributed by atoms with Gasteiger partial charge in [-0.25, -0.2) is 4.39 Å². The van der Waals surface area contributed by atoms with E-state index in [4.69, 9.17) is 10.5 Å². The number of nitrogens with zero attached hydrogens (tertiary/aromatic N) is 1. The first-order valence-electron chi connectivity index (χ1n) is 10.5. The molecule has 0 spiro atoms. The number of rotatable bonds is 5. The minimum atomic E-state index is -0.491. The molecule has 2 aromatic rings. The lowest BCUT2D eigenvalue weighted by Crippen LogP contribution is -2.39. The van der Waals surface area contributed by atoms with Crippen molar-refractivity contribution < 1.29 is 13.9 Å². The van der Waals surface area contributed by atoms with Gasteiger partial charge in [0.2, 0.25) is 0 Å². The summed E-state index contributed by atoms with van der Waals surface area (Å²) in [5.41, 5.74) is 6.82. The lowest BCUT2D eigenvalue weighted by atomic mass is 9.82. The lowest BCUT2D eigenvalue weighted by molar-refractivity contribution is 0.0704. The van der Waals surface area contributed by atoms with Crippen LogP contribution in [0.1, 0.15) is 28.8 Å². The molecule has 4 atom stereocenters. The van der Waals surface area contributed by atoms with Gasteiger partial charge in [0.1, 0.15) is 17.3 Å². The van der Waals surface area contributed by atoms with Crippen LogP contribution in [0.25, 0.3) is 0 Å². The average Bonchev–Trinajstić information content (AvgIpc) is 3.43. The summed E-state index contributed by atoms with van der Waals surface area (Å²) in [5.74, 6) is 1.44. The third-order valence-corrected chi connectivity index (χ3v) is 6.77. The van der Waals surface area contributed by atoms with Crippen molar-refractivity contribution in [3.05, 3.63) is 59.4 Å². The van der Waals surface area contributed by atoms with E-state index in [2.05, 4.69) is 5.32 Å². The topological polar surface area (TPSA) is 67.6 Å². The summed E-state index contributed by atoms with van der Waals surface area (Å²) in [4.78, 5) is 15.2. The third-order valence-electron chi connectivity index (χ3n) is 6.77. The first kappa shape index (κ1) is 18.6. The number of fused-ring (bicyclic) bond motifs is 5. The molecular formula is C23H26FN3O2. The maximum atomic E-state index is 14.6. The summed E-state index contributed by atoms with van der Waals surface area (Å²) in [5, 5.41) is 3.44. The first-order chi connectivity index (χ1) is 14.2. The molecule has 3 fully saturated rings. The average molecular weight is 395 g/mol. The molecule has 2 aromatic carbocycles. The Bertz CT molecular complexity index is 899. The predicted molar refractivity (Wildman–Crippen MR) is 109 cm³/mol. The number of halogens is 1. The maximum Gasteiger partial charge on any atom is 0.257 e. The number of benzene rings is 2. The summed E-state index contributed by atoms with van der Waals surface area (Å²) in [7, 11) is 0. The van der Waals surface area contributed by atoms with Crippen LogP contribution in [0, 0.1) is 17.7 Å². The van der Waals surface area contributed by atoms with Crippen LogP contribution in [0.4, 0.5) is 4.39 Å². The Morgan fingerprint density at radius 1 is 1.07 bits per heavy atom. The van der Waals surface area contributed by atoms with Gasteiger partial charge in [0.15, 0.2) is 0 Å². The molecule has 0 aliphatic carbocycles. The Morgan fingerprint density at radius 3 is 2.38 bits per heavy atom. The van der Waals surface area contributed by atoms with Crippen LogP contribution < -0.4 is 15.8 Å². The number of carbonyl (C=O) groups is 1. The fraction of sp³-hybridized carbons (Fsp3) is 0.435. The van der Waals surface area contributed by atoms with E-state index in [0.29, 0.717) is 29.9 Å². The minimum absolute atomic E-state index is 0.104. The molecular weight excluding hydrogens is 369 g/mol. The largest absolute Gasteiger partial charge is 0.457 e. The number of carbonyl (C=O) groups excluding carboxylic acids is 1. The molecule has 3 N–H and O–H groups in total. The lowest BCUT2D eigenvalue weighted by Gasteiger charge is -2.25. The Morgan fingerprint density at radius 2 is 1.72 bits per heavy atom. The van der Waals surface area contributed by atoms with Crippen molar-refractivity contribution in [2.75, 3.05) is 19.6 Å². The molecule has 0 unspecified atom stereocenters. The Labute approximate surface area is 170 Å². The molecule has 0 radical (unpaired) electrons. The van der Waals surface area contributed by atoms with Crippen LogP contribution in [0.2, 0.25) is 0 Å². The van der Waals surface area contributed by atoms with Crippen LogP contribution >= 0.6 is 0 Å². The molecule has 3 aliphatic rings. The van der Waals surface area contributed by atoms with E-state index < -0.39 is 5.82 Å². The highest BCUT2D eigenvalue weighted by molar-refractivity contribution is 5.96. The van der Waals surface area contributed by atoms with E-state index in [0.717, 1.165) is 37.9 Å². The van der Waals surface area contributed by atoms with Crippen molar-refractivity contribution in [3.63, 3.8) is 0 Å². The van der Waals surface area contributed by atoms with Gasteiger partial charge in [-0.1, -0.05) is 12.1 Å². The van der Waals surface area contributed by atoms with Gasteiger partial charge in [-0.3, -0.25) is 4.79 Å². The molecule has 152 valence electrons. The Hall–Kier alpha value is -2.44. The van der Waals surface area contributed by atoms with Crippen LogP contribution in [0.5, 0.6) is 11.5 Å². The highest BCUT2D eigenvalue weighted by Crippen LogP contribution is 2.48. The van der Waals surface area contributed by atoms with E-state index in [1.165, 1.54) is 12.1 Å². The summed E-state index contributed by atoms with van der Waals surface area (Å²) in [6.07, 6.45) is 2.85. The number of hydrogen-bond acceptors (Lipinski definition) is 4. The fourth-order valence-corrected chi connectivity index (χ4v) is 5.47. The van der Waals surface area contributed by atoms with Crippen molar-refractivity contribution in [2.45, 2.75) is 31.3 Å². The molecule has 0 aromatic heterocycles. The molecule has 1 amide bonds. The zero-order valence-corrected chi connectivity index (χ0v) is 16.3. The van der Waals surface area contributed by atoms with Gasteiger partial charge in [-0.15, -0.1) is 0 Å². The first-order valence-corrected chi connectivity index (χ1v) is 10.5. The van der Waals surface area contributed by atoms with Crippen molar-refractivity contribution in [1.29, 1.82) is 0 Å². The summed E-state index contributed by atoms with van der Waals surface area (Å²) >= 11 is 0. The SMILES string of the molecule is NCCc1ccc(Oc2ccc(F)c(C(=O)N3[C@@H]4CC[C@H]3[C@H]3CNC[C@H]34)c2)cc1. The number of nitrogens with two attached hydrogens (primary N) is 1. The van der Waals surface area contributed by atoms with E-state index in [9.17, 15) is 9.18 Å². The second kappa shape index (κ2) is 7.43. The fourth-order valence-electron chi connectivity index (χ4n) is 5.47. The van der Waals surface area contributed by atoms with Gasteiger partial charge in [0.25, 0.3) is 5.91 Å². The van der Waals surface area contributed by atoms with Crippen molar-refractivity contribution in [3.8, 4) is 11.5 Å². The third kappa shape index (κ3) is 3.20. The van der Waals surface area contributed by atoms with E-state index >= 15 is 0 Å². The molecule has 5 rings (SSSR count). The molecule has 0 saturated carbocycles. The van der Waals surface area contributed by atoms with Crippen LogP contribution in [-0.2, 0) is 6.42 Å². The predicted octanol–water partition coefficient (Wildman–Crippen LogP) is 2.94.